The number of hydrogen-bond donors (Lipinski definition) is 0. The first-order chi connectivity index (χ1) is 11.6. The van der Waals surface area contributed by atoms with Crippen molar-refractivity contribution in [2.45, 2.75) is 19.9 Å². The molecule has 0 aliphatic carbocycles. The van der Waals surface area contributed by atoms with Gasteiger partial charge in [-0.3, -0.25) is 4.90 Å². The maximum absolute atomic E-state index is 12.1. The minimum absolute atomic E-state index is 0.219. The van der Waals surface area contributed by atoms with Crippen molar-refractivity contribution in [2.24, 2.45) is 0 Å². The zero-order valence-corrected chi connectivity index (χ0v) is 14.6. The second-order valence-corrected chi connectivity index (χ2v) is 7.95. The second-order valence-electron chi connectivity index (χ2n) is 5.86. The van der Waals surface area contributed by atoms with Crippen LogP contribution in [-0.2, 0) is 16.6 Å². The summed E-state index contributed by atoms with van der Waals surface area (Å²) in [6, 6.07) is 9.64. The molecule has 2 heterocycles. The molecule has 1 aromatic heterocycles. The van der Waals surface area contributed by atoms with Crippen LogP contribution < -0.4 is 0 Å². The number of piperazine rings is 1. The van der Waals surface area contributed by atoms with Crippen molar-refractivity contribution in [1.82, 2.24) is 19.4 Å². The van der Waals surface area contributed by atoms with Gasteiger partial charge in [0.1, 0.15) is 0 Å². The van der Waals surface area contributed by atoms with Crippen molar-refractivity contribution in [1.29, 1.82) is 0 Å². The van der Waals surface area contributed by atoms with E-state index in [1.165, 1.54) is 0 Å². The number of sulfonamides is 1. The highest BCUT2D eigenvalue weighted by molar-refractivity contribution is 7.89. The molecule has 0 N–H and O–H groups in total. The molecule has 0 spiro atoms. The van der Waals surface area contributed by atoms with Crippen LogP contribution in [0.3, 0.4) is 0 Å². The van der Waals surface area contributed by atoms with Crippen LogP contribution >= 0.6 is 0 Å². The van der Waals surface area contributed by atoms with Gasteiger partial charge in [-0.2, -0.15) is 4.31 Å². The summed E-state index contributed by atoms with van der Waals surface area (Å²) in [6.45, 7) is 4.80. The minimum Gasteiger partial charge on any atom is -0.419 e. The molecule has 2 aromatic rings. The minimum atomic E-state index is -3.11. The van der Waals surface area contributed by atoms with Gasteiger partial charge in [-0.15, -0.1) is 10.2 Å². The average Bonchev–Trinajstić information content (AvgIpc) is 3.05. The highest BCUT2D eigenvalue weighted by atomic mass is 32.2. The summed E-state index contributed by atoms with van der Waals surface area (Å²) in [7, 11) is -3.11. The first kappa shape index (κ1) is 17.1. The van der Waals surface area contributed by atoms with Crippen LogP contribution in [0.1, 0.15) is 19.2 Å². The topological polar surface area (TPSA) is 79.5 Å². The molecular weight excluding hydrogens is 328 g/mol. The SMILES string of the molecule is CCCS(=O)(=O)N1CCN(Cc2nnc(-c3ccccc3)o2)CC1. The van der Waals surface area contributed by atoms with Gasteiger partial charge in [0, 0.05) is 31.7 Å². The molecule has 1 aromatic carbocycles. The van der Waals surface area contributed by atoms with E-state index in [0.717, 1.165) is 5.56 Å². The van der Waals surface area contributed by atoms with Crippen molar-refractivity contribution in [3.8, 4) is 11.5 Å². The Morgan fingerprint density at radius 3 is 2.46 bits per heavy atom. The highest BCUT2D eigenvalue weighted by Gasteiger charge is 2.26. The summed E-state index contributed by atoms with van der Waals surface area (Å²) in [6.07, 6.45) is 0.646. The van der Waals surface area contributed by atoms with Crippen molar-refractivity contribution in [2.75, 3.05) is 31.9 Å². The number of aromatic nitrogens is 2. The van der Waals surface area contributed by atoms with Crippen LogP contribution in [-0.4, -0.2) is 59.8 Å². The van der Waals surface area contributed by atoms with Crippen LogP contribution in [0.4, 0.5) is 0 Å². The molecular formula is C16H22N4O3S. The fourth-order valence-electron chi connectivity index (χ4n) is 2.76. The van der Waals surface area contributed by atoms with Crippen molar-refractivity contribution in [3.05, 3.63) is 36.2 Å². The number of hydrogen-bond acceptors (Lipinski definition) is 6. The molecule has 0 atom stereocenters. The average molecular weight is 350 g/mol. The van der Waals surface area contributed by atoms with E-state index in [1.54, 1.807) is 4.31 Å². The first-order valence-corrected chi connectivity index (χ1v) is 9.77. The summed E-state index contributed by atoms with van der Waals surface area (Å²) in [4.78, 5) is 2.14. The molecule has 0 radical (unpaired) electrons. The maximum atomic E-state index is 12.1. The lowest BCUT2D eigenvalue weighted by Crippen LogP contribution is -2.48. The Kier molecular flexibility index (Phi) is 5.27. The van der Waals surface area contributed by atoms with Crippen LogP contribution in [0.25, 0.3) is 11.5 Å². The van der Waals surface area contributed by atoms with Crippen LogP contribution in [0, 0.1) is 0 Å². The summed E-state index contributed by atoms with van der Waals surface area (Å²) in [5, 5.41) is 8.17. The monoisotopic (exact) mass is 350 g/mol. The molecule has 0 amide bonds. The number of benzene rings is 1. The fraction of sp³-hybridized carbons (Fsp3) is 0.500. The van der Waals surface area contributed by atoms with E-state index in [9.17, 15) is 8.42 Å². The zero-order valence-electron chi connectivity index (χ0n) is 13.8. The second kappa shape index (κ2) is 7.42. The van der Waals surface area contributed by atoms with Gasteiger partial charge in [-0.05, 0) is 18.6 Å². The number of nitrogens with zero attached hydrogens (tertiary/aromatic N) is 4. The molecule has 0 saturated carbocycles. The number of rotatable bonds is 6. The van der Waals surface area contributed by atoms with Gasteiger partial charge < -0.3 is 4.42 Å². The first-order valence-electron chi connectivity index (χ1n) is 8.16. The Bertz CT molecular complexity index is 753. The van der Waals surface area contributed by atoms with Gasteiger partial charge >= 0.3 is 0 Å². The standard InChI is InChI=1S/C16H22N4O3S/c1-2-12-24(21,22)20-10-8-19(9-11-20)13-15-17-18-16(23-15)14-6-4-3-5-7-14/h3-7H,2,8-13H2,1H3. The van der Waals surface area contributed by atoms with Crippen LogP contribution in [0.2, 0.25) is 0 Å². The summed E-state index contributed by atoms with van der Waals surface area (Å²) < 4.78 is 31.4. The van der Waals surface area contributed by atoms with Crippen molar-refractivity contribution in [3.63, 3.8) is 0 Å². The third-order valence-electron chi connectivity index (χ3n) is 4.03. The van der Waals surface area contributed by atoms with Gasteiger partial charge in [0.25, 0.3) is 0 Å². The Balaban J connectivity index is 1.56. The van der Waals surface area contributed by atoms with Crippen molar-refractivity contribution < 1.29 is 12.8 Å². The molecule has 3 rings (SSSR count). The molecule has 0 bridgehead atoms. The van der Waals surface area contributed by atoms with E-state index in [2.05, 4.69) is 15.1 Å². The normalized spacial score (nSPS) is 17.2. The Hall–Kier alpha value is -1.77. The molecule has 1 saturated heterocycles. The quantitative estimate of drug-likeness (QED) is 0.787. The third kappa shape index (κ3) is 4.00. The van der Waals surface area contributed by atoms with Crippen molar-refractivity contribution >= 4 is 10.0 Å². The summed E-state index contributed by atoms with van der Waals surface area (Å²) in [5.41, 5.74) is 0.895. The van der Waals surface area contributed by atoms with E-state index in [4.69, 9.17) is 4.42 Å². The fourth-order valence-corrected chi connectivity index (χ4v) is 4.25. The molecule has 0 unspecified atom stereocenters. The van der Waals surface area contributed by atoms with Gasteiger partial charge in [-0.1, -0.05) is 25.1 Å². The molecule has 1 fully saturated rings. The predicted octanol–water partition coefficient (Wildman–Crippen LogP) is 1.59. The summed E-state index contributed by atoms with van der Waals surface area (Å²) in [5.74, 6) is 1.28. The van der Waals surface area contributed by atoms with E-state index in [-0.39, 0.29) is 5.75 Å². The summed E-state index contributed by atoms with van der Waals surface area (Å²) >= 11 is 0. The molecule has 24 heavy (non-hydrogen) atoms. The Labute approximate surface area is 142 Å². The lowest BCUT2D eigenvalue weighted by atomic mass is 10.2. The zero-order chi connectivity index (χ0) is 17.0. The maximum Gasteiger partial charge on any atom is 0.247 e. The molecule has 8 heteroatoms. The highest BCUT2D eigenvalue weighted by Crippen LogP contribution is 2.18. The largest absolute Gasteiger partial charge is 0.419 e. The third-order valence-corrected chi connectivity index (χ3v) is 6.11. The van der Waals surface area contributed by atoms with Gasteiger partial charge in [-0.25, -0.2) is 8.42 Å². The molecule has 7 nitrogen and oxygen atoms in total. The van der Waals surface area contributed by atoms with E-state index >= 15 is 0 Å². The smallest absolute Gasteiger partial charge is 0.247 e. The van der Waals surface area contributed by atoms with Gasteiger partial charge in [0.05, 0.1) is 12.3 Å². The Morgan fingerprint density at radius 1 is 1.08 bits per heavy atom. The Morgan fingerprint density at radius 2 is 1.79 bits per heavy atom. The molecule has 1 aliphatic rings. The van der Waals surface area contributed by atoms with Crippen LogP contribution in [0.5, 0.6) is 0 Å². The van der Waals surface area contributed by atoms with E-state index in [0.29, 0.717) is 50.9 Å². The van der Waals surface area contributed by atoms with Gasteiger partial charge in [0.2, 0.25) is 21.8 Å². The predicted molar refractivity (Wildman–Crippen MR) is 90.7 cm³/mol. The lowest BCUT2D eigenvalue weighted by molar-refractivity contribution is 0.168. The lowest BCUT2D eigenvalue weighted by Gasteiger charge is -2.33. The van der Waals surface area contributed by atoms with Crippen LogP contribution in [0.15, 0.2) is 34.7 Å². The van der Waals surface area contributed by atoms with Gasteiger partial charge in [0.15, 0.2) is 0 Å². The van der Waals surface area contributed by atoms with E-state index in [1.807, 2.05) is 37.3 Å². The molecule has 130 valence electrons. The van der Waals surface area contributed by atoms with E-state index < -0.39 is 10.0 Å². The molecule has 1 aliphatic heterocycles.